The first-order valence-electron chi connectivity index (χ1n) is 3.32. The Morgan fingerprint density at radius 1 is 1.56 bits per heavy atom. The predicted molar refractivity (Wildman–Crippen MR) is 39.9 cm³/mol. The fraction of sp³-hybridized carbons (Fsp3) is 1.00. The summed E-state index contributed by atoms with van der Waals surface area (Å²) in [7, 11) is -0.578. The van der Waals surface area contributed by atoms with Crippen molar-refractivity contribution in [3.05, 3.63) is 0 Å². The number of nitrogens with one attached hydrogen (secondary N) is 1. The van der Waals surface area contributed by atoms with E-state index in [2.05, 4.69) is 12.2 Å². The van der Waals surface area contributed by atoms with Gasteiger partial charge < -0.3 is 5.32 Å². The fourth-order valence-electron chi connectivity index (χ4n) is 0.967. The molecule has 2 nitrogen and oxygen atoms in total. The van der Waals surface area contributed by atoms with E-state index in [0.717, 1.165) is 12.3 Å². The number of hydrogen-bond donors (Lipinski definition) is 1. The molecule has 0 aliphatic carbocycles. The molecule has 1 N–H and O–H groups in total. The van der Waals surface area contributed by atoms with Gasteiger partial charge >= 0.3 is 0 Å². The maximum absolute atomic E-state index is 11.1. The minimum absolute atomic E-state index is 0.332. The molecule has 0 unspecified atom stereocenters. The van der Waals surface area contributed by atoms with Crippen LogP contribution in [0.25, 0.3) is 0 Å². The van der Waals surface area contributed by atoms with E-state index in [-0.39, 0.29) is 0 Å². The summed E-state index contributed by atoms with van der Waals surface area (Å²) in [6.07, 6.45) is 0. The van der Waals surface area contributed by atoms with Crippen LogP contribution < -0.4 is 5.32 Å². The van der Waals surface area contributed by atoms with Crippen molar-refractivity contribution in [1.29, 1.82) is 0 Å². The predicted octanol–water partition coefficient (Wildman–Crippen LogP) is 0.115. The molecule has 1 fully saturated rings. The second-order valence-electron chi connectivity index (χ2n) is 2.53. The molecule has 0 aromatic rings. The molecule has 9 heavy (non-hydrogen) atoms. The lowest BCUT2D eigenvalue weighted by Gasteiger charge is -2.25. The Morgan fingerprint density at radius 2 is 2.22 bits per heavy atom. The van der Waals surface area contributed by atoms with Gasteiger partial charge in [0.2, 0.25) is 0 Å². The van der Waals surface area contributed by atoms with Crippen molar-refractivity contribution in [3.8, 4) is 0 Å². The molecule has 54 valence electrons. The Morgan fingerprint density at radius 3 is 2.67 bits per heavy atom. The summed E-state index contributed by atoms with van der Waals surface area (Å²) in [5.41, 5.74) is 0. The largest absolute Gasteiger partial charge is 0.312 e. The maximum atomic E-state index is 11.1. The van der Waals surface area contributed by atoms with Crippen LogP contribution in [0.1, 0.15) is 13.8 Å². The van der Waals surface area contributed by atoms with Gasteiger partial charge in [0.1, 0.15) is 0 Å². The van der Waals surface area contributed by atoms with Crippen LogP contribution in [0, 0.1) is 0 Å². The highest BCUT2D eigenvalue weighted by Gasteiger charge is 2.22. The highest BCUT2D eigenvalue weighted by atomic mass is 32.2. The summed E-state index contributed by atoms with van der Waals surface area (Å²) in [4.78, 5) is 0. The molecule has 0 spiro atoms. The zero-order valence-corrected chi connectivity index (χ0v) is 6.70. The van der Waals surface area contributed by atoms with Crippen molar-refractivity contribution in [2.24, 2.45) is 0 Å². The van der Waals surface area contributed by atoms with Crippen molar-refractivity contribution in [2.45, 2.75) is 25.1 Å². The third kappa shape index (κ3) is 1.52. The lowest BCUT2D eigenvalue weighted by molar-refractivity contribution is 0.528. The monoisotopic (exact) mass is 147 g/mol. The quantitative estimate of drug-likeness (QED) is 0.527. The molecule has 1 aliphatic rings. The van der Waals surface area contributed by atoms with Gasteiger partial charge in [-0.3, -0.25) is 4.21 Å². The highest BCUT2D eigenvalue weighted by Crippen LogP contribution is 2.05. The van der Waals surface area contributed by atoms with Gasteiger partial charge in [0, 0.05) is 34.4 Å². The molecule has 3 atom stereocenters. The van der Waals surface area contributed by atoms with E-state index in [1.807, 2.05) is 6.92 Å². The van der Waals surface area contributed by atoms with E-state index < -0.39 is 10.8 Å². The van der Waals surface area contributed by atoms with Gasteiger partial charge in [-0.15, -0.1) is 0 Å². The van der Waals surface area contributed by atoms with Crippen molar-refractivity contribution >= 4 is 10.8 Å². The van der Waals surface area contributed by atoms with Gasteiger partial charge in [0.25, 0.3) is 0 Å². The average Bonchev–Trinajstić information content (AvgIpc) is 1.83. The second kappa shape index (κ2) is 2.80. The normalized spacial score (nSPS) is 44.9. The standard InChI is InChI=1S/C6H13NOS/c1-5-6(2)9(8)4-3-7-5/h5-7H,3-4H2,1-2H3/t5-,6-,9+/m1/s1. The van der Waals surface area contributed by atoms with Gasteiger partial charge in [0.05, 0.1) is 0 Å². The molecule has 0 aromatic heterocycles. The van der Waals surface area contributed by atoms with E-state index in [1.54, 1.807) is 0 Å². The van der Waals surface area contributed by atoms with Crippen LogP contribution in [-0.2, 0) is 10.8 Å². The third-order valence-corrected chi connectivity index (χ3v) is 3.73. The van der Waals surface area contributed by atoms with Crippen LogP contribution in [0.4, 0.5) is 0 Å². The van der Waals surface area contributed by atoms with Crippen molar-refractivity contribution < 1.29 is 4.21 Å². The summed E-state index contributed by atoms with van der Waals surface area (Å²) in [6, 6.07) is 0.430. The Labute approximate surface area is 58.5 Å². The summed E-state index contributed by atoms with van der Waals surface area (Å²) in [5, 5.41) is 3.60. The molecule has 1 rings (SSSR count). The molecule has 3 heteroatoms. The fourth-order valence-corrected chi connectivity index (χ4v) is 2.21. The van der Waals surface area contributed by atoms with Gasteiger partial charge in [-0.25, -0.2) is 0 Å². The van der Waals surface area contributed by atoms with Gasteiger partial charge in [-0.2, -0.15) is 0 Å². The van der Waals surface area contributed by atoms with E-state index in [4.69, 9.17) is 0 Å². The van der Waals surface area contributed by atoms with Crippen LogP contribution in [0.2, 0.25) is 0 Å². The minimum atomic E-state index is -0.578. The number of rotatable bonds is 0. The molecule has 0 saturated carbocycles. The second-order valence-corrected chi connectivity index (χ2v) is 4.45. The van der Waals surface area contributed by atoms with Gasteiger partial charge in [-0.1, -0.05) is 0 Å². The van der Waals surface area contributed by atoms with Crippen molar-refractivity contribution in [1.82, 2.24) is 5.32 Å². The molecule has 1 aliphatic heterocycles. The zero-order chi connectivity index (χ0) is 6.85. The maximum Gasteiger partial charge on any atom is 0.0470 e. The van der Waals surface area contributed by atoms with Crippen LogP contribution in [0.15, 0.2) is 0 Å². The minimum Gasteiger partial charge on any atom is -0.312 e. The van der Waals surface area contributed by atoms with E-state index in [0.29, 0.717) is 11.3 Å². The summed E-state index contributed by atoms with van der Waals surface area (Å²) in [6.45, 7) is 5.03. The first kappa shape index (κ1) is 7.22. The smallest absolute Gasteiger partial charge is 0.0470 e. The summed E-state index contributed by atoms with van der Waals surface area (Å²) >= 11 is 0. The molecule has 0 radical (unpaired) electrons. The van der Waals surface area contributed by atoms with Crippen molar-refractivity contribution in [3.63, 3.8) is 0 Å². The highest BCUT2D eigenvalue weighted by molar-refractivity contribution is 7.85. The lowest BCUT2D eigenvalue weighted by atomic mass is 10.2. The lowest BCUT2D eigenvalue weighted by Crippen LogP contribution is -2.46. The van der Waals surface area contributed by atoms with Gasteiger partial charge in [0.15, 0.2) is 0 Å². The SMILES string of the molecule is C[C@@H]1[C@@H](C)NCC[S@@]1=O. The van der Waals surface area contributed by atoms with E-state index in [1.165, 1.54) is 0 Å². The Balaban J connectivity index is 2.51. The van der Waals surface area contributed by atoms with E-state index in [9.17, 15) is 4.21 Å². The molecule has 0 aromatic carbocycles. The molecular formula is C6H13NOS. The van der Waals surface area contributed by atoms with Crippen molar-refractivity contribution in [2.75, 3.05) is 12.3 Å². The molecular weight excluding hydrogens is 134 g/mol. The topological polar surface area (TPSA) is 29.1 Å². The molecule has 0 amide bonds. The Hall–Kier alpha value is 0.110. The summed E-state index contributed by atoms with van der Waals surface area (Å²) < 4.78 is 11.1. The van der Waals surface area contributed by atoms with Gasteiger partial charge in [-0.05, 0) is 13.8 Å². The van der Waals surface area contributed by atoms with Crippen LogP contribution in [0.3, 0.4) is 0 Å². The average molecular weight is 147 g/mol. The van der Waals surface area contributed by atoms with Crippen LogP contribution >= 0.6 is 0 Å². The Bertz CT molecular complexity index is 126. The first-order valence-corrected chi connectivity index (χ1v) is 4.70. The molecule has 1 saturated heterocycles. The molecule has 0 bridgehead atoms. The number of hydrogen-bond acceptors (Lipinski definition) is 2. The third-order valence-electron chi connectivity index (χ3n) is 1.89. The molecule has 1 heterocycles. The van der Waals surface area contributed by atoms with E-state index >= 15 is 0 Å². The Kier molecular flexibility index (Phi) is 2.24. The van der Waals surface area contributed by atoms with Crippen LogP contribution in [0.5, 0.6) is 0 Å². The summed E-state index contributed by atoms with van der Waals surface area (Å²) in [5.74, 6) is 0.825. The zero-order valence-electron chi connectivity index (χ0n) is 5.89. The first-order chi connectivity index (χ1) is 4.22. The van der Waals surface area contributed by atoms with Crippen LogP contribution in [-0.4, -0.2) is 27.8 Å².